The van der Waals surface area contributed by atoms with E-state index < -0.39 is 0 Å². The van der Waals surface area contributed by atoms with Crippen LogP contribution in [0.3, 0.4) is 0 Å². The Morgan fingerprint density at radius 2 is 1.74 bits per heavy atom. The molecular weight excluding hydrogens is 240 g/mol. The molecule has 19 heavy (non-hydrogen) atoms. The lowest BCUT2D eigenvalue weighted by atomic mass is 9.93. The van der Waals surface area contributed by atoms with E-state index in [1.54, 1.807) is 0 Å². The zero-order valence-electron chi connectivity index (χ0n) is 12.1. The maximum atomic E-state index is 12.4. The molecular formula is C15H28N2O2. The molecule has 0 atom stereocenters. The van der Waals surface area contributed by atoms with Crippen molar-refractivity contribution in [2.24, 2.45) is 0 Å². The Morgan fingerprint density at radius 1 is 1.11 bits per heavy atom. The van der Waals surface area contributed by atoms with Crippen molar-refractivity contribution in [3.05, 3.63) is 0 Å². The highest BCUT2D eigenvalue weighted by atomic mass is 16.3. The monoisotopic (exact) mass is 268 g/mol. The van der Waals surface area contributed by atoms with Crippen LogP contribution in [0.25, 0.3) is 0 Å². The zero-order chi connectivity index (χ0) is 13.7. The highest BCUT2D eigenvalue weighted by Crippen LogP contribution is 2.23. The summed E-state index contributed by atoms with van der Waals surface area (Å²) in [4.78, 5) is 14.4. The first-order valence-electron chi connectivity index (χ1n) is 7.96. The number of hydrogen-bond acceptors (Lipinski definition) is 2. The molecule has 0 bridgehead atoms. The molecule has 2 rings (SSSR count). The van der Waals surface area contributed by atoms with Crippen LogP contribution in [0, 0.1) is 0 Å². The van der Waals surface area contributed by atoms with E-state index in [1.807, 2.05) is 4.90 Å². The highest BCUT2D eigenvalue weighted by molar-refractivity contribution is 5.74. The number of aliphatic hydroxyl groups excluding tert-OH is 1. The lowest BCUT2D eigenvalue weighted by Gasteiger charge is -2.35. The fourth-order valence-electron chi connectivity index (χ4n) is 3.44. The second-order valence-corrected chi connectivity index (χ2v) is 6.03. The van der Waals surface area contributed by atoms with Gasteiger partial charge in [0, 0.05) is 18.6 Å². The van der Waals surface area contributed by atoms with E-state index in [0.717, 1.165) is 45.1 Å². The Bertz CT molecular complexity index is 282. The molecule has 0 spiro atoms. The lowest BCUT2D eigenvalue weighted by molar-refractivity contribution is 0.111. The summed E-state index contributed by atoms with van der Waals surface area (Å²) >= 11 is 0. The second-order valence-electron chi connectivity index (χ2n) is 6.03. The summed E-state index contributed by atoms with van der Waals surface area (Å²) in [5.74, 6) is 0. The predicted octanol–water partition coefficient (Wildman–Crippen LogP) is 2.65. The van der Waals surface area contributed by atoms with Gasteiger partial charge in [0.25, 0.3) is 0 Å². The van der Waals surface area contributed by atoms with Gasteiger partial charge in [0.2, 0.25) is 0 Å². The van der Waals surface area contributed by atoms with Crippen LogP contribution in [0.15, 0.2) is 0 Å². The molecule has 4 nitrogen and oxygen atoms in total. The van der Waals surface area contributed by atoms with Crippen molar-refractivity contribution in [3.8, 4) is 0 Å². The Kier molecular flexibility index (Phi) is 5.49. The zero-order valence-corrected chi connectivity index (χ0v) is 12.1. The van der Waals surface area contributed by atoms with E-state index in [0.29, 0.717) is 6.04 Å². The van der Waals surface area contributed by atoms with Crippen LogP contribution < -0.4 is 5.32 Å². The molecule has 110 valence electrons. The predicted molar refractivity (Wildman–Crippen MR) is 76.0 cm³/mol. The molecule has 2 aliphatic carbocycles. The van der Waals surface area contributed by atoms with Crippen LogP contribution in [-0.2, 0) is 0 Å². The standard InChI is InChI=1S/C15H28N2O2/c1-2-17(13-6-4-3-5-7-13)15(19)16-12-8-10-14(18)11-9-12/h12-14,18H,2-11H2,1H3,(H,16,19). The SMILES string of the molecule is CCN(C(=O)NC1CCC(O)CC1)C1CCCCC1. The van der Waals surface area contributed by atoms with Gasteiger partial charge in [-0.05, 0) is 45.4 Å². The Balaban J connectivity index is 1.82. The number of amides is 2. The van der Waals surface area contributed by atoms with Gasteiger partial charge < -0.3 is 15.3 Å². The number of nitrogens with one attached hydrogen (secondary N) is 1. The number of carbonyl (C=O) groups is 1. The summed E-state index contributed by atoms with van der Waals surface area (Å²) in [6.45, 7) is 2.87. The molecule has 0 aromatic carbocycles. The maximum absolute atomic E-state index is 12.4. The van der Waals surface area contributed by atoms with Gasteiger partial charge in [0.05, 0.1) is 6.10 Å². The molecule has 0 unspecified atom stereocenters. The third-order valence-electron chi connectivity index (χ3n) is 4.64. The number of rotatable bonds is 3. The second kappa shape index (κ2) is 7.13. The summed E-state index contributed by atoms with van der Waals surface area (Å²) in [5, 5.41) is 12.7. The fraction of sp³-hybridized carbons (Fsp3) is 0.933. The third-order valence-corrected chi connectivity index (χ3v) is 4.64. The van der Waals surface area contributed by atoms with E-state index in [-0.39, 0.29) is 18.2 Å². The highest BCUT2D eigenvalue weighted by Gasteiger charge is 2.27. The molecule has 2 amide bonds. The van der Waals surface area contributed by atoms with Crippen molar-refractivity contribution < 1.29 is 9.90 Å². The smallest absolute Gasteiger partial charge is 0.317 e. The third kappa shape index (κ3) is 4.10. The van der Waals surface area contributed by atoms with Gasteiger partial charge in [0.15, 0.2) is 0 Å². The Morgan fingerprint density at radius 3 is 2.32 bits per heavy atom. The molecule has 0 heterocycles. The van der Waals surface area contributed by atoms with Crippen LogP contribution in [0.5, 0.6) is 0 Å². The summed E-state index contributed by atoms with van der Waals surface area (Å²) < 4.78 is 0. The molecule has 0 saturated heterocycles. The molecule has 2 N–H and O–H groups in total. The summed E-state index contributed by atoms with van der Waals surface area (Å²) in [7, 11) is 0. The van der Waals surface area contributed by atoms with Gasteiger partial charge in [-0.25, -0.2) is 4.79 Å². The van der Waals surface area contributed by atoms with Crippen LogP contribution in [0.1, 0.15) is 64.7 Å². The molecule has 2 saturated carbocycles. The summed E-state index contributed by atoms with van der Waals surface area (Å²) in [5.41, 5.74) is 0. The van der Waals surface area contributed by atoms with E-state index in [4.69, 9.17) is 0 Å². The fourth-order valence-corrected chi connectivity index (χ4v) is 3.44. The maximum Gasteiger partial charge on any atom is 0.317 e. The minimum Gasteiger partial charge on any atom is -0.393 e. The number of urea groups is 1. The molecule has 0 aliphatic heterocycles. The first kappa shape index (κ1) is 14.6. The van der Waals surface area contributed by atoms with Crippen LogP contribution in [0.2, 0.25) is 0 Å². The quantitative estimate of drug-likeness (QED) is 0.827. The van der Waals surface area contributed by atoms with Gasteiger partial charge in [-0.3, -0.25) is 0 Å². The number of carbonyl (C=O) groups excluding carboxylic acids is 1. The minimum absolute atomic E-state index is 0.107. The van der Waals surface area contributed by atoms with Crippen LogP contribution >= 0.6 is 0 Å². The van der Waals surface area contributed by atoms with Crippen molar-refractivity contribution in [1.29, 1.82) is 0 Å². The Labute approximate surface area is 116 Å². The van der Waals surface area contributed by atoms with Crippen LogP contribution in [-0.4, -0.2) is 40.8 Å². The van der Waals surface area contributed by atoms with Crippen LogP contribution in [0.4, 0.5) is 4.79 Å². The number of nitrogens with zero attached hydrogens (tertiary/aromatic N) is 1. The van der Waals surface area contributed by atoms with Crippen molar-refractivity contribution in [1.82, 2.24) is 10.2 Å². The average molecular weight is 268 g/mol. The number of hydrogen-bond donors (Lipinski definition) is 2. The number of aliphatic hydroxyl groups is 1. The molecule has 2 aliphatic rings. The normalized spacial score (nSPS) is 28.9. The first-order chi connectivity index (χ1) is 9.20. The van der Waals surface area contributed by atoms with Gasteiger partial charge >= 0.3 is 6.03 Å². The average Bonchev–Trinajstić information content (AvgIpc) is 2.43. The van der Waals surface area contributed by atoms with Gasteiger partial charge in [-0.1, -0.05) is 19.3 Å². The van der Waals surface area contributed by atoms with Crippen molar-refractivity contribution in [2.75, 3.05) is 6.54 Å². The largest absolute Gasteiger partial charge is 0.393 e. The Hall–Kier alpha value is -0.770. The van der Waals surface area contributed by atoms with Gasteiger partial charge in [-0.15, -0.1) is 0 Å². The molecule has 0 radical (unpaired) electrons. The topological polar surface area (TPSA) is 52.6 Å². The molecule has 4 heteroatoms. The molecule has 0 aromatic rings. The van der Waals surface area contributed by atoms with Gasteiger partial charge in [0.1, 0.15) is 0 Å². The minimum atomic E-state index is -0.159. The van der Waals surface area contributed by atoms with Crippen molar-refractivity contribution >= 4 is 6.03 Å². The molecule has 0 aromatic heterocycles. The van der Waals surface area contributed by atoms with E-state index >= 15 is 0 Å². The summed E-state index contributed by atoms with van der Waals surface area (Å²) in [6.07, 6.45) is 9.44. The van der Waals surface area contributed by atoms with Gasteiger partial charge in [-0.2, -0.15) is 0 Å². The van der Waals surface area contributed by atoms with E-state index in [1.165, 1.54) is 19.3 Å². The lowest BCUT2D eigenvalue weighted by Crippen LogP contribution is -2.50. The molecule has 2 fully saturated rings. The summed E-state index contributed by atoms with van der Waals surface area (Å²) in [6, 6.07) is 0.803. The van der Waals surface area contributed by atoms with Crippen molar-refractivity contribution in [2.45, 2.75) is 82.9 Å². The van der Waals surface area contributed by atoms with E-state index in [9.17, 15) is 9.90 Å². The van der Waals surface area contributed by atoms with E-state index in [2.05, 4.69) is 12.2 Å². The van der Waals surface area contributed by atoms with Crippen molar-refractivity contribution in [3.63, 3.8) is 0 Å². The first-order valence-corrected chi connectivity index (χ1v) is 7.96.